The summed E-state index contributed by atoms with van der Waals surface area (Å²) in [5.74, 6) is 0.859. The summed E-state index contributed by atoms with van der Waals surface area (Å²) in [7, 11) is 1.66. The number of hydrogen-bond donors (Lipinski definition) is 1. The molecule has 2 aromatic rings. The molecule has 17 heavy (non-hydrogen) atoms. The minimum absolute atomic E-state index is 0.708. The van der Waals surface area contributed by atoms with E-state index in [0.717, 1.165) is 21.6 Å². The van der Waals surface area contributed by atoms with Gasteiger partial charge in [-0.05, 0) is 52.3 Å². The molecule has 0 aliphatic rings. The number of aromatic nitrogens is 1. The van der Waals surface area contributed by atoms with Gasteiger partial charge >= 0.3 is 0 Å². The van der Waals surface area contributed by atoms with E-state index in [0.29, 0.717) is 6.54 Å². The van der Waals surface area contributed by atoms with Gasteiger partial charge in [-0.1, -0.05) is 0 Å². The Labute approximate surface area is 109 Å². The standard InChI is InChI=1S/C13H13BrN2O/c1-17-13-6-4-11(5-7-13)16-9-12-3-2-10(14)8-15-12/h2-8,16H,9H2,1H3. The van der Waals surface area contributed by atoms with Crippen LogP contribution in [0.2, 0.25) is 0 Å². The summed E-state index contributed by atoms with van der Waals surface area (Å²) in [6.45, 7) is 0.708. The zero-order valence-corrected chi connectivity index (χ0v) is 11.1. The van der Waals surface area contributed by atoms with Gasteiger partial charge < -0.3 is 10.1 Å². The zero-order chi connectivity index (χ0) is 12.1. The molecule has 0 aliphatic carbocycles. The second-order valence-corrected chi connectivity index (χ2v) is 4.47. The second-order valence-electron chi connectivity index (χ2n) is 3.55. The van der Waals surface area contributed by atoms with E-state index in [9.17, 15) is 0 Å². The van der Waals surface area contributed by atoms with Gasteiger partial charge in [0.25, 0.3) is 0 Å². The van der Waals surface area contributed by atoms with Crippen molar-refractivity contribution in [3.8, 4) is 5.75 Å². The quantitative estimate of drug-likeness (QED) is 0.937. The van der Waals surface area contributed by atoms with Crippen LogP contribution in [0.15, 0.2) is 47.1 Å². The Morgan fingerprint density at radius 1 is 1.18 bits per heavy atom. The molecule has 4 heteroatoms. The highest BCUT2D eigenvalue weighted by molar-refractivity contribution is 9.10. The fraction of sp³-hybridized carbons (Fsp3) is 0.154. The van der Waals surface area contributed by atoms with Crippen LogP contribution in [0.1, 0.15) is 5.69 Å². The smallest absolute Gasteiger partial charge is 0.119 e. The lowest BCUT2D eigenvalue weighted by molar-refractivity contribution is 0.415. The van der Waals surface area contributed by atoms with Crippen LogP contribution in [-0.4, -0.2) is 12.1 Å². The third kappa shape index (κ3) is 3.46. The van der Waals surface area contributed by atoms with Crippen molar-refractivity contribution in [3.63, 3.8) is 0 Å². The van der Waals surface area contributed by atoms with Crippen LogP contribution in [0.5, 0.6) is 5.75 Å². The third-order valence-electron chi connectivity index (χ3n) is 2.35. The molecule has 1 aromatic carbocycles. The molecule has 1 heterocycles. The van der Waals surface area contributed by atoms with Crippen molar-refractivity contribution in [2.45, 2.75) is 6.54 Å². The number of ether oxygens (including phenoxy) is 1. The van der Waals surface area contributed by atoms with E-state index in [4.69, 9.17) is 4.74 Å². The molecule has 0 saturated heterocycles. The Balaban J connectivity index is 1.95. The van der Waals surface area contributed by atoms with Crippen molar-refractivity contribution in [3.05, 3.63) is 52.8 Å². The molecule has 0 radical (unpaired) electrons. The van der Waals surface area contributed by atoms with E-state index in [2.05, 4.69) is 26.2 Å². The summed E-state index contributed by atoms with van der Waals surface area (Å²) < 4.78 is 6.09. The van der Waals surface area contributed by atoms with Crippen molar-refractivity contribution in [2.75, 3.05) is 12.4 Å². The molecule has 1 N–H and O–H groups in total. The van der Waals surface area contributed by atoms with E-state index in [1.807, 2.05) is 36.4 Å². The van der Waals surface area contributed by atoms with Gasteiger partial charge in [0.1, 0.15) is 5.75 Å². The van der Waals surface area contributed by atoms with Gasteiger partial charge in [0.2, 0.25) is 0 Å². The molecular formula is C13H13BrN2O. The fourth-order valence-corrected chi connectivity index (χ4v) is 1.65. The van der Waals surface area contributed by atoms with Gasteiger partial charge in [0.15, 0.2) is 0 Å². The van der Waals surface area contributed by atoms with Crippen LogP contribution in [-0.2, 0) is 6.54 Å². The Morgan fingerprint density at radius 3 is 2.53 bits per heavy atom. The number of anilines is 1. The maximum Gasteiger partial charge on any atom is 0.119 e. The largest absolute Gasteiger partial charge is 0.497 e. The zero-order valence-electron chi connectivity index (χ0n) is 9.48. The topological polar surface area (TPSA) is 34.1 Å². The normalized spacial score (nSPS) is 10.0. The number of benzene rings is 1. The maximum absolute atomic E-state index is 5.10. The number of methoxy groups -OCH3 is 1. The molecule has 88 valence electrons. The van der Waals surface area contributed by atoms with Crippen LogP contribution in [0.25, 0.3) is 0 Å². The van der Waals surface area contributed by atoms with Crippen molar-refractivity contribution >= 4 is 21.6 Å². The lowest BCUT2D eigenvalue weighted by Crippen LogP contribution is -2.01. The first-order valence-corrected chi connectivity index (χ1v) is 6.05. The van der Waals surface area contributed by atoms with Crippen molar-refractivity contribution in [1.29, 1.82) is 0 Å². The maximum atomic E-state index is 5.10. The predicted molar refractivity (Wildman–Crippen MR) is 72.3 cm³/mol. The Morgan fingerprint density at radius 2 is 1.94 bits per heavy atom. The highest BCUT2D eigenvalue weighted by Gasteiger charge is 1.96. The van der Waals surface area contributed by atoms with E-state index in [1.54, 1.807) is 13.3 Å². The summed E-state index contributed by atoms with van der Waals surface area (Å²) in [4.78, 5) is 4.29. The average Bonchev–Trinajstić information content (AvgIpc) is 2.39. The summed E-state index contributed by atoms with van der Waals surface area (Å²) in [5.41, 5.74) is 2.06. The predicted octanol–water partition coefficient (Wildman–Crippen LogP) is 3.46. The molecule has 1 aromatic heterocycles. The van der Waals surface area contributed by atoms with Crippen LogP contribution in [0, 0.1) is 0 Å². The van der Waals surface area contributed by atoms with Crippen LogP contribution < -0.4 is 10.1 Å². The summed E-state index contributed by atoms with van der Waals surface area (Å²) in [5, 5.41) is 3.30. The highest BCUT2D eigenvalue weighted by atomic mass is 79.9. The SMILES string of the molecule is COc1ccc(NCc2ccc(Br)cn2)cc1. The molecule has 0 amide bonds. The molecule has 0 fully saturated rings. The number of nitrogens with one attached hydrogen (secondary N) is 1. The van der Waals surface area contributed by atoms with Gasteiger partial charge in [-0.15, -0.1) is 0 Å². The van der Waals surface area contributed by atoms with Crippen molar-refractivity contribution in [2.24, 2.45) is 0 Å². The lowest BCUT2D eigenvalue weighted by Gasteiger charge is -2.06. The fourth-order valence-electron chi connectivity index (χ4n) is 1.41. The Kier molecular flexibility index (Phi) is 3.98. The molecular weight excluding hydrogens is 280 g/mol. The number of nitrogens with zero attached hydrogens (tertiary/aromatic N) is 1. The van der Waals surface area contributed by atoms with Gasteiger partial charge in [0.05, 0.1) is 19.3 Å². The first kappa shape index (κ1) is 11.9. The Hall–Kier alpha value is -1.55. The van der Waals surface area contributed by atoms with E-state index in [1.165, 1.54) is 0 Å². The second kappa shape index (κ2) is 5.68. The number of pyridine rings is 1. The third-order valence-corrected chi connectivity index (χ3v) is 2.82. The summed E-state index contributed by atoms with van der Waals surface area (Å²) in [6, 6.07) is 11.8. The molecule has 3 nitrogen and oxygen atoms in total. The van der Waals surface area contributed by atoms with Gasteiger partial charge in [-0.25, -0.2) is 0 Å². The van der Waals surface area contributed by atoms with E-state index >= 15 is 0 Å². The van der Waals surface area contributed by atoms with Crippen molar-refractivity contribution < 1.29 is 4.74 Å². The van der Waals surface area contributed by atoms with Crippen LogP contribution >= 0.6 is 15.9 Å². The Bertz CT molecular complexity index is 468. The molecule has 0 unspecified atom stereocenters. The number of hydrogen-bond acceptors (Lipinski definition) is 3. The summed E-state index contributed by atoms with van der Waals surface area (Å²) >= 11 is 3.36. The number of halogens is 1. The lowest BCUT2D eigenvalue weighted by atomic mass is 10.3. The molecule has 0 atom stereocenters. The van der Waals surface area contributed by atoms with E-state index < -0.39 is 0 Å². The monoisotopic (exact) mass is 292 g/mol. The minimum atomic E-state index is 0.708. The van der Waals surface area contributed by atoms with Crippen LogP contribution in [0.4, 0.5) is 5.69 Å². The van der Waals surface area contributed by atoms with Crippen molar-refractivity contribution in [1.82, 2.24) is 4.98 Å². The summed E-state index contributed by atoms with van der Waals surface area (Å²) in [6.07, 6.45) is 1.80. The number of rotatable bonds is 4. The van der Waals surface area contributed by atoms with Gasteiger partial charge in [0, 0.05) is 16.4 Å². The average molecular weight is 293 g/mol. The van der Waals surface area contributed by atoms with Gasteiger partial charge in [-0.2, -0.15) is 0 Å². The van der Waals surface area contributed by atoms with Gasteiger partial charge in [-0.3, -0.25) is 4.98 Å². The van der Waals surface area contributed by atoms with Crippen LogP contribution in [0.3, 0.4) is 0 Å². The molecule has 0 bridgehead atoms. The highest BCUT2D eigenvalue weighted by Crippen LogP contribution is 2.15. The van der Waals surface area contributed by atoms with E-state index in [-0.39, 0.29) is 0 Å². The molecule has 0 aliphatic heterocycles. The first-order valence-electron chi connectivity index (χ1n) is 5.26. The molecule has 0 saturated carbocycles. The molecule has 2 rings (SSSR count). The minimum Gasteiger partial charge on any atom is -0.497 e. The molecule has 0 spiro atoms. The first-order chi connectivity index (χ1) is 8.28.